The Morgan fingerprint density at radius 3 is 1.15 bits per heavy atom. The minimum Gasteiger partial charge on any atom is -1.00 e. The van der Waals surface area contributed by atoms with Crippen molar-refractivity contribution in [3.63, 3.8) is 0 Å². The standard InChI is InChI=1S/C3H6O3.CH2O3.3Ca.6H/c1-2(4)3(5)6;2-1(3)4;;;;;;;;;/h2,4H,1H3,(H,5,6);(H2,2,3,4);;;;;;;;;/q;;3*+2;6*-1. The van der Waals surface area contributed by atoms with E-state index in [1.54, 1.807) is 0 Å². The van der Waals surface area contributed by atoms with Gasteiger partial charge in [-0.25, -0.2) is 9.59 Å². The van der Waals surface area contributed by atoms with Crippen LogP contribution in [0.2, 0.25) is 0 Å². The minimum atomic E-state index is -1.83. The van der Waals surface area contributed by atoms with Gasteiger partial charge in [0.25, 0.3) is 0 Å². The van der Waals surface area contributed by atoms with Crippen LogP contribution in [0.3, 0.4) is 0 Å². The van der Waals surface area contributed by atoms with E-state index in [2.05, 4.69) is 0 Å². The maximum atomic E-state index is 9.45. The van der Waals surface area contributed by atoms with Gasteiger partial charge in [-0.3, -0.25) is 0 Å². The maximum Gasteiger partial charge on any atom is 2.00 e. The van der Waals surface area contributed by atoms with Gasteiger partial charge in [-0.15, -0.1) is 0 Å². The molecule has 0 bridgehead atoms. The zero-order valence-electron chi connectivity index (χ0n) is 13.3. The van der Waals surface area contributed by atoms with Crippen molar-refractivity contribution in [3.05, 3.63) is 0 Å². The molecule has 0 heterocycles. The van der Waals surface area contributed by atoms with Crippen molar-refractivity contribution in [2.24, 2.45) is 0 Å². The average Bonchev–Trinajstić information content (AvgIpc) is 1.63. The molecule has 0 aromatic carbocycles. The number of carbonyl (C=O) groups is 2. The number of aliphatic carboxylic acids is 1. The molecule has 9 heteroatoms. The smallest absolute Gasteiger partial charge is 1.00 e. The second kappa shape index (κ2) is 20.0. The number of hydrogen-bond acceptors (Lipinski definition) is 3. The average molecular weight is 278 g/mol. The fourth-order valence-corrected chi connectivity index (χ4v) is 0. The molecule has 0 amide bonds. The van der Waals surface area contributed by atoms with Crippen LogP contribution < -0.4 is 0 Å². The van der Waals surface area contributed by atoms with Crippen LogP contribution in [0.5, 0.6) is 0 Å². The summed E-state index contributed by atoms with van der Waals surface area (Å²) in [6.45, 7) is 1.20. The molecule has 1 unspecified atom stereocenters. The molecule has 6 nitrogen and oxygen atoms in total. The Morgan fingerprint density at radius 1 is 1.08 bits per heavy atom. The summed E-state index contributed by atoms with van der Waals surface area (Å²) in [4.78, 5) is 18.0. The molecule has 0 aliphatic carbocycles. The fourth-order valence-electron chi connectivity index (χ4n) is 0. The second-order valence-corrected chi connectivity index (χ2v) is 1.30. The van der Waals surface area contributed by atoms with E-state index in [1.807, 2.05) is 0 Å². The van der Waals surface area contributed by atoms with Crippen LogP contribution in [0.1, 0.15) is 15.5 Å². The molecule has 0 saturated carbocycles. The van der Waals surface area contributed by atoms with Crippen molar-refractivity contribution >= 4 is 125 Å². The van der Waals surface area contributed by atoms with Crippen molar-refractivity contribution in [3.8, 4) is 0 Å². The molecule has 0 spiro atoms. The SMILES string of the molecule is CC(O)C(=O)O.O=C(O)O.[Ca+2].[Ca+2].[Ca+2].[H-].[H-].[H-].[H-].[H-].[H-]. The first-order valence-corrected chi connectivity index (χ1v) is 2.20. The molecule has 13 heavy (non-hydrogen) atoms. The third kappa shape index (κ3) is 53.7. The Hall–Kier alpha value is 2.48. The Kier molecular flexibility index (Phi) is 45.4. The molecule has 1 atom stereocenters. The van der Waals surface area contributed by atoms with E-state index in [4.69, 9.17) is 25.2 Å². The monoisotopic (exact) mass is 278 g/mol. The van der Waals surface area contributed by atoms with Gasteiger partial charge in [0, 0.05) is 0 Å². The first kappa shape index (κ1) is 29.6. The minimum absolute atomic E-state index is 0. The van der Waals surface area contributed by atoms with Crippen LogP contribution in [0.4, 0.5) is 4.79 Å². The number of aliphatic hydroxyl groups excluding tert-OH is 1. The number of rotatable bonds is 1. The van der Waals surface area contributed by atoms with Gasteiger partial charge >= 0.3 is 125 Å². The van der Waals surface area contributed by atoms with Gasteiger partial charge < -0.3 is 29.0 Å². The Morgan fingerprint density at radius 2 is 1.15 bits per heavy atom. The first-order valence-electron chi connectivity index (χ1n) is 2.20. The van der Waals surface area contributed by atoms with Gasteiger partial charge in [0.1, 0.15) is 6.10 Å². The van der Waals surface area contributed by atoms with Crippen LogP contribution in [-0.4, -0.2) is 152 Å². The summed E-state index contributed by atoms with van der Waals surface area (Å²) in [5.74, 6) is -1.19. The van der Waals surface area contributed by atoms with Gasteiger partial charge in [0.15, 0.2) is 0 Å². The zero-order chi connectivity index (χ0) is 8.73. The van der Waals surface area contributed by atoms with Crippen molar-refractivity contribution in [1.82, 2.24) is 0 Å². The fraction of sp³-hybridized carbons (Fsp3) is 0.500. The Labute approximate surface area is 174 Å². The van der Waals surface area contributed by atoms with Gasteiger partial charge in [-0.05, 0) is 6.92 Å². The van der Waals surface area contributed by atoms with Crippen molar-refractivity contribution < 1.29 is 38.6 Å². The summed E-state index contributed by atoms with van der Waals surface area (Å²) in [6.07, 6.45) is -3.06. The predicted octanol–water partition coefficient (Wildman–Crippen LogP) is -0.793. The van der Waals surface area contributed by atoms with Gasteiger partial charge in [0.05, 0.1) is 0 Å². The third-order valence-electron chi connectivity index (χ3n) is 0.357. The summed E-state index contributed by atoms with van der Waals surface area (Å²) in [6, 6.07) is 0. The molecule has 0 aliphatic heterocycles. The topological polar surface area (TPSA) is 115 Å². The van der Waals surface area contributed by atoms with Gasteiger partial charge in [-0.2, -0.15) is 0 Å². The molecule has 0 fully saturated rings. The number of aliphatic hydroxyl groups is 1. The quantitative estimate of drug-likeness (QED) is 0.467. The van der Waals surface area contributed by atoms with E-state index in [9.17, 15) is 4.79 Å². The van der Waals surface area contributed by atoms with E-state index >= 15 is 0 Å². The molecule has 0 aliphatic rings. The predicted molar refractivity (Wildman–Crippen MR) is 53.9 cm³/mol. The molecule has 0 rings (SSSR count). The van der Waals surface area contributed by atoms with Crippen LogP contribution in [-0.2, 0) is 4.79 Å². The summed E-state index contributed by atoms with van der Waals surface area (Å²) in [5.41, 5.74) is 0. The molecular formula is C4H14Ca3O6. The number of hydrogen-bond donors (Lipinski definition) is 4. The number of carboxylic acid groups (broad SMARTS) is 3. The first-order chi connectivity index (χ1) is 4.37. The second-order valence-electron chi connectivity index (χ2n) is 1.30. The molecule has 0 radical (unpaired) electrons. The van der Waals surface area contributed by atoms with Crippen molar-refractivity contribution in [2.75, 3.05) is 0 Å². The normalized spacial score (nSPS) is 8.15. The molecule has 0 saturated heterocycles. The largest absolute Gasteiger partial charge is 2.00 e. The van der Waals surface area contributed by atoms with Crippen LogP contribution in [0, 0.1) is 0 Å². The van der Waals surface area contributed by atoms with Crippen molar-refractivity contribution in [1.29, 1.82) is 0 Å². The summed E-state index contributed by atoms with van der Waals surface area (Å²) < 4.78 is 0. The molecule has 4 N–H and O–H groups in total. The molecule has 0 aromatic rings. The third-order valence-corrected chi connectivity index (χ3v) is 0.357. The van der Waals surface area contributed by atoms with Crippen LogP contribution >= 0.6 is 0 Å². The Balaban J connectivity index is -0.00000000520. The number of carboxylic acids is 1. The van der Waals surface area contributed by atoms with Gasteiger partial charge in [0.2, 0.25) is 0 Å². The van der Waals surface area contributed by atoms with Gasteiger partial charge in [-0.1, -0.05) is 0 Å². The molecule has 72 valence electrons. The molecule has 0 aromatic heterocycles. The Bertz CT molecular complexity index is 140. The maximum absolute atomic E-state index is 9.45. The van der Waals surface area contributed by atoms with E-state index in [0.29, 0.717) is 0 Å². The summed E-state index contributed by atoms with van der Waals surface area (Å²) >= 11 is 0. The van der Waals surface area contributed by atoms with E-state index < -0.39 is 18.2 Å². The van der Waals surface area contributed by atoms with Crippen molar-refractivity contribution in [2.45, 2.75) is 13.0 Å². The van der Waals surface area contributed by atoms with Crippen LogP contribution in [0.25, 0.3) is 0 Å². The van der Waals surface area contributed by atoms with E-state index in [0.717, 1.165) is 0 Å². The van der Waals surface area contributed by atoms with Crippen LogP contribution in [0.15, 0.2) is 0 Å². The summed E-state index contributed by atoms with van der Waals surface area (Å²) in [7, 11) is 0. The van der Waals surface area contributed by atoms with E-state index in [-0.39, 0.29) is 122 Å². The molecular weight excluding hydrogens is 264 g/mol. The van der Waals surface area contributed by atoms with E-state index in [1.165, 1.54) is 6.92 Å². The zero-order valence-corrected chi connectivity index (χ0v) is 13.9. The summed E-state index contributed by atoms with van der Waals surface area (Å²) in [5, 5.41) is 29.7.